The molecule has 0 bridgehead atoms. The Bertz CT molecular complexity index is 1130. The highest BCUT2D eigenvalue weighted by Crippen LogP contribution is 2.22. The monoisotopic (exact) mass is 461 g/mol. The molecule has 1 aliphatic rings. The number of amides is 3. The number of nitro benzene ring substituents is 1. The van der Waals surface area contributed by atoms with Crippen LogP contribution in [0.3, 0.4) is 0 Å². The van der Waals surface area contributed by atoms with Gasteiger partial charge in [-0.05, 0) is 30.2 Å². The van der Waals surface area contributed by atoms with Gasteiger partial charge in [0.05, 0.1) is 9.82 Å². The van der Waals surface area contributed by atoms with Gasteiger partial charge < -0.3 is 16.0 Å². The molecule has 1 heterocycles. The molecule has 3 rings (SSSR count). The van der Waals surface area contributed by atoms with Crippen LogP contribution in [0.4, 0.5) is 10.5 Å². The van der Waals surface area contributed by atoms with Gasteiger partial charge in [-0.15, -0.1) is 0 Å². The average molecular weight is 462 g/mol. The third-order valence-corrected chi connectivity index (χ3v) is 6.99. The Kier molecular flexibility index (Phi) is 7.05. The van der Waals surface area contributed by atoms with Crippen LogP contribution in [0.25, 0.3) is 0 Å². The summed E-state index contributed by atoms with van der Waals surface area (Å²) >= 11 is 0. The number of sulfonamides is 1. The number of piperazine rings is 1. The van der Waals surface area contributed by atoms with Crippen molar-refractivity contribution in [2.24, 2.45) is 5.73 Å². The lowest BCUT2D eigenvalue weighted by Crippen LogP contribution is -2.53. The molecule has 0 atom stereocenters. The number of rotatable bonds is 7. The van der Waals surface area contributed by atoms with E-state index in [2.05, 4.69) is 5.32 Å². The standard InChI is InChI=1S/C20H23N5O6S/c21-19(26)16-4-1-3-15(13-16)7-8-22-20(27)23-9-11-24(12-10-23)32(30,31)18-6-2-5-17(14-18)25(28)29/h1-6,13-14H,7-12H2,(H2,21,26)(H,22,27). The fourth-order valence-electron chi connectivity index (χ4n) is 3.34. The van der Waals surface area contributed by atoms with Gasteiger partial charge >= 0.3 is 6.03 Å². The van der Waals surface area contributed by atoms with Gasteiger partial charge in [-0.3, -0.25) is 14.9 Å². The molecule has 1 saturated heterocycles. The summed E-state index contributed by atoms with van der Waals surface area (Å²) in [5, 5.41) is 13.7. The Labute approximate surface area is 185 Å². The Balaban J connectivity index is 1.52. The van der Waals surface area contributed by atoms with Crippen molar-refractivity contribution in [3.05, 3.63) is 69.8 Å². The molecular formula is C20H23N5O6S. The smallest absolute Gasteiger partial charge is 0.317 e. The fourth-order valence-corrected chi connectivity index (χ4v) is 4.81. The van der Waals surface area contributed by atoms with E-state index in [-0.39, 0.29) is 42.8 Å². The number of nitrogens with zero attached hydrogens (tertiary/aromatic N) is 3. The zero-order valence-corrected chi connectivity index (χ0v) is 18.0. The van der Waals surface area contributed by atoms with E-state index in [1.54, 1.807) is 18.2 Å². The zero-order chi connectivity index (χ0) is 23.3. The first-order valence-corrected chi connectivity index (χ1v) is 11.3. The van der Waals surface area contributed by atoms with Crippen LogP contribution >= 0.6 is 0 Å². The summed E-state index contributed by atoms with van der Waals surface area (Å²) in [5.74, 6) is -0.520. The number of nitro groups is 1. The molecular weight excluding hydrogens is 438 g/mol. The number of hydrogen-bond donors (Lipinski definition) is 2. The summed E-state index contributed by atoms with van der Waals surface area (Å²) in [5.41, 5.74) is 6.22. The molecule has 170 valence electrons. The van der Waals surface area contributed by atoms with Crippen LogP contribution in [0.5, 0.6) is 0 Å². The first-order valence-electron chi connectivity index (χ1n) is 9.84. The number of urea groups is 1. The van der Waals surface area contributed by atoms with Crippen molar-refractivity contribution < 1.29 is 22.9 Å². The molecule has 0 saturated carbocycles. The van der Waals surface area contributed by atoms with E-state index >= 15 is 0 Å². The Hall–Kier alpha value is -3.51. The highest BCUT2D eigenvalue weighted by atomic mass is 32.2. The SMILES string of the molecule is NC(=O)c1cccc(CCNC(=O)N2CCN(S(=O)(=O)c3cccc([N+](=O)[O-])c3)CC2)c1. The summed E-state index contributed by atoms with van der Waals surface area (Å²) < 4.78 is 26.8. The van der Waals surface area contributed by atoms with E-state index < -0.39 is 20.9 Å². The van der Waals surface area contributed by atoms with Gasteiger partial charge in [0.1, 0.15) is 0 Å². The Morgan fingerprint density at radius 3 is 2.41 bits per heavy atom. The van der Waals surface area contributed by atoms with E-state index in [4.69, 9.17) is 5.73 Å². The molecule has 1 fully saturated rings. The molecule has 0 aromatic heterocycles. The van der Waals surface area contributed by atoms with Crippen LogP contribution in [-0.2, 0) is 16.4 Å². The number of primary amides is 1. The van der Waals surface area contributed by atoms with E-state index in [0.717, 1.165) is 11.6 Å². The van der Waals surface area contributed by atoms with E-state index in [9.17, 15) is 28.1 Å². The molecule has 0 radical (unpaired) electrons. The van der Waals surface area contributed by atoms with Gasteiger partial charge in [0.2, 0.25) is 15.9 Å². The van der Waals surface area contributed by atoms with Crippen LogP contribution in [0.2, 0.25) is 0 Å². The molecule has 3 N–H and O–H groups in total. The number of hydrogen-bond acceptors (Lipinski definition) is 6. The van der Waals surface area contributed by atoms with Crippen molar-refractivity contribution in [1.29, 1.82) is 0 Å². The number of carbonyl (C=O) groups excluding carboxylic acids is 2. The molecule has 1 aliphatic heterocycles. The van der Waals surface area contributed by atoms with Gasteiger partial charge in [-0.2, -0.15) is 4.31 Å². The largest absolute Gasteiger partial charge is 0.366 e. The summed E-state index contributed by atoms with van der Waals surface area (Å²) in [4.78, 5) is 35.3. The summed E-state index contributed by atoms with van der Waals surface area (Å²) in [6, 6.07) is 11.4. The molecule has 2 aromatic carbocycles. The predicted molar refractivity (Wildman–Crippen MR) is 115 cm³/mol. The first-order chi connectivity index (χ1) is 15.2. The molecule has 0 aliphatic carbocycles. The van der Waals surface area contributed by atoms with Crippen molar-refractivity contribution in [3.8, 4) is 0 Å². The predicted octanol–water partition coefficient (Wildman–Crippen LogP) is 0.952. The second-order valence-electron chi connectivity index (χ2n) is 7.19. The van der Waals surface area contributed by atoms with Gasteiger partial charge in [0, 0.05) is 50.4 Å². The lowest BCUT2D eigenvalue weighted by atomic mass is 10.1. The number of non-ortho nitro benzene ring substituents is 1. The van der Waals surface area contributed by atoms with Crippen LogP contribution < -0.4 is 11.1 Å². The van der Waals surface area contributed by atoms with Crippen LogP contribution in [0, 0.1) is 10.1 Å². The minimum atomic E-state index is -3.90. The maximum Gasteiger partial charge on any atom is 0.317 e. The van der Waals surface area contributed by atoms with E-state index in [1.807, 2.05) is 6.07 Å². The maximum absolute atomic E-state index is 12.8. The van der Waals surface area contributed by atoms with Crippen LogP contribution in [0.1, 0.15) is 15.9 Å². The number of carbonyl (C=O) groups is 2. The third kappa shape index (κ3) is 5.39. The average Bonchev–Trinajstić information content (AvgIpc) is 2.79. The van der Waals surface area contributed by atoms with Crippen molar-refractivity contribution in [2.45, 2.75) is 11.3 Å². The van der Waals surface area contributed by atoms with Crippen molar-refractivity contribution in [3.63, 3.8) is 0 Å². The summed E-state index contributed by atoms with van der Waals surface area (Å²) in [7, 11) is -3.90. The molecule has 3 amide bonds. The second-order valence-corrected chi connectivity index (χ2v) is 9.13. The Morgan fingerprint density at radius 1 is 1.06 bits per heavy atom. The lowest BCUT2D eigenvalue weighted by molar-refractivity contribution is -0.385. The molecule has 11 nitrogen and oxygen atoms in total. The van der Waals surface area contributed by atoms with Crippen LogP contribution in [0.15, 0.2) is 53.4 Å². The van der Waals surface area contributed by atoms with E-state index in [0.29, 0.717) is 18.5 Å². The van der Waals surface area contributed by atoms with Crippen LogP contribution in [-0.4, -0.2) is 67.2 Å². The Morgan fingerprint density at radius 2 is 1.75 bits per heavy atom. The quantitative estimate of drug-likeness (QED) is 0.462. The number of benzene rings is 2. The normalized spacial score (nSPS) is 14.7. The summed E-state index contributed by atoms with van der Waals surface area (Å²) in [6.45, 7) is 0.889. The van der Waals surface area contributed by atoms with Gasteiger partial charge in [0.15, 0.2) is 0 Å². The van der Waals surface area contributed by atoms with Crippen molar-refractivity contribution in [2.75, 3.05) is 32.7 Å². The first kappa shape index (κ1) is 23.2. The minimum Gasteiger partial charge on any atom is -0.366 e. The second kappa shape index (κ2) is 9.75. The fraction of sp³-hybridized carbons (Fsp3) is 0.300. The van der Waals surface area contributed by atoms with Crippen molar-refractivity contribution >= 4 is 27.6 Å². The molecule has 0 spiro atoms. The summed E-state index contributed by atoms with van der Waals surface area (Å²) in [6.07, 6.45) is 0.508. The topological polar surface area (TPSA) is 156 Å². The van der Waals surface area contributed by atoms with Gasteiger partial charge in [-0.25, -0.2) is 13.2 Å². The minimum absolute atomic E-state index is 0.0824. The van der Waals surface area contributed by atoms with Gasteiger partial charge in [0.25, 0.3) is 5.69 Å². The van der Waals surface area contributed by atoms with E-state index in [1.165, 1.54) is 27.4 Å². The highest BCUT2D eigenvalue weighted by molar-refractivity contribution is 7.89. The zero-order valence-electron chi connectivity index (χ0n) is 17.1. The maximum atomic E-state index is 12.8. The highest BCUT2D eigenvalue weighted by Gasteiger charge is 2.30. The van der Waals surface area contributed by atoms with Gasteiger partial charge in [-0.1, -0.05) is 18.2 Å². The molecule has 12 heteroatoms. The molecule has 32 heavy (non-hydrogen) atoms. The molecule has 0 unspecified atom stereocenters. The molecule has 2 aromatic rings. The third-order valence-electron chi connectivity index (χ3n) is 5.09. The number of nitrogens with two attached hydrogens (primary N) is 1. The number of nitrogens with one attached hydrogen (secondary N) is 1. The lowest BCUT2D eigenvalue weighted by Gasteiger charge is -2.34. The van der Waals surface area contributed by atoms with Crippen molar-refractivity contribution in [1.82, 2.24) is 14.5 Å².